The fourth-order valence-corrected chi connectivity index (χ4v) is 8.37. The number of azo groups is 3. The van der Waals surface area contributed by atoms with E-state index in [2.05, 4.69) is 35.8 Å². The molecule has 0 aliphatic heterocycles. The number of carbonyl (C=O) groups is 1. The van der Waals surface area contributed by atoms with E-state index in [4.69, 9.17) is 14.2 Å². The second-order valence-corrected chi connectivity index (χ2v) is 19.0. The first kappa shape index (κ1) is 50.0. The molecule has 1 heterocycles. The third-order valence-electron chi connectivity index (χ3n) is 9.45. The average Bonchev–Trinajstić information content (AvgIpc) is 3.56. The SMILES string of the molecule is COc1cc(S(=O)(=O)O)c(C)cc1/N=N/c1c(C)nn(-c2ccc3c(O)c(/N=N/c4cc(OCCO)c(/N=N/c5ccc(S(=O)(=O)O)cc5C(=O)O)cc4OCCO)c(S(C)(=O)=O)cc3c2)c1O. The number of aromatic carboxylic acids is 1. The Hall–Kier alpha value is -7.47. The number of nitrogens with zero attached hydrogens (tertiary/aromatic N) is 8. The van der Waals surface area contributed by atoms with Gasteiger partial charge in [0.15, 0.2) is 21.3 Å². The predicted octanol–water partition coefficient (Wildman–Crippen LogP) is 6.65. The molecule has 1 aromatic heterocycles. The first-order valence-corrected chi connectivity index (χ1v) is 23.9. The third-order valence-corrected chi connectivity index (χ3v) is 12.4. The van der Waals surface area contributed by atoms with Gasteiger partial charge in [-0.2, -0.15) is 26.6 Å². The monoisotopic (exact) mass is 998 g/mol. The number of rotatable bonds is 18. The summed E-state index contributed by atoms with van der Waals surface area (Å²) < 4.78 is 110. The number of methoxy groups -OCH3 is 1. The molecule has 0 saturated carbocycles. The number of carboxylic acid groups (broad SMARTS) is 1. The summed E-state index contributed by atoms with van der Waals surface area (Å²) in [7, 11) is -12.3. The van der Waals surface area contributed by atoms with Crippen molar-refractivity contribution >= 4 is 80.9 Å². The van der Waals surface area contributed by atoms with Crippen LogP contribution in [0.25, 0.3) is 16.5 Å². The van der Waals surface area contributed by atoms with Crippen LogP contribution in [0.4, 0.5) is 34.1 Å². The molecule has 358 valence electrons. The molecule has 0 unspecified atom stereocenters. The molecule has 25 nitrogen and oxygen atoms in total. The number of hydrogen-bond donors (Lipinski definition) is 7. The molecule has 0 bridgehead atoms. The van der Waals surface area contributed by atoms with Gasteiger partial charge in [0.25, 0.3) is 20.2 Å². The minimum Gasteiger partial charge on any atom is -0.505 e. The Balaban J connectivity index is 1.40. The van der Waals surface area contributed by atoms with E-state index in [-0.39, 0.29) is 86.6 Å². The predicted molar refractivity (Wildman–Crippen MR) is 237 cm³/mol. The third kappa shape index (κ3) is 10.9. The van der Waals surface area contributed by atoms with Crippen LogP contribution >= 0.6 is 0 Å². The number of aromatic nitrogens is 2. The maximum atomic E-state index is 13.2. The van der Waals surface area contributed by atoms with Crippen LogP contribution in [0.1, 0.15) is 21.6 Å². The lowest BCUT2D eigenvalue weighted by molar-refractivity contribution is 0.0697. The minimum absolute atomic E-state index is 0.0537. The summed E-state index contributed by atoms with van der Waals surface area (Å²) in [5.41, 5.74) is -1.45. The number of phenols is 1. The molecule has 5 aromatic carbocycles. The number of aliphatic hydroxyl groups excluding tert-OH is 2. The van der Waals surface area contributed by atoms with E-state index >= 15 is 0 Å². The molecular formula is C40H38N8O17S3. The number of ether oxygens (including phenoxy) is 3. The van der Waals surface area contributed by atoms with Crippen LogP contribution in [-0.4, -0.2) is 115 Å². The standard InChI is InChI=1S/C40H38N8O17S3/c1-20-13-28(31(63-3)19-34(20)68(60,61)62)43-45-36-21(2)47-48(39(36)52)23-5-7-25-22(14-23)15-35(66(4,55)56)37(38(25)51)46-44-30-18-32(64-11-9-49)29(17-33(30)65-12-10-50)42-41-27-8-6-24(67(57,58)59)16-26(27)40(53)54/h5-8,13-19,49-52H,9-12H2,1-4H3,(H,53,54)(H,57,58,59)(H,60,61,62)/b42-41+,45-43+,46-44+. The number of aryl methyl sites for hydroxylation is 2. The number of aromatic hydroxyl groups is 2. The Morgan fingerprint density at radius 2 is 1.25 bits per heavy atom. The van der Waals surface area contributed by atoms with Gasteiger partial charge in [-0.3, -0.25) is 9.11 Å². The van der Waals surface area contributed by atoms with Crippen LogP contribution in [0.15, 0.2) is 112 Å². The summed E-state index contributed by atoms with van der Waals surface area (Å²) in [6.07, 6.45) is 0.853. The van der Waals surface area contributed by atoms with Crippen molar-refractivity contribution in [1.29, 1.82) is 0 Å². The van der Waals surface area contributed by atoms with Gasteiger partial charge >= 0.3 is 5.97 Å². The van der Waals surface area contributed by atoms with Gasteiger partial charge in [0.1, 0.15) is 63.8 Å². The molecule has 0 radical (unpaired) electrons. The fourth-order valence-electron chi connectivity index (χ4n) is 6.31. The van der Waals surface area contributed by atoms with E-state index in [1.807, 2.05) is 0 Å². The maximum absolute atomic E-state index is 13.2. The van der Waals surface area contributed by atoms with Gasteiger partial charge in [0.2, 0.25) is 5.88 Å². The van der Waals surface area contributed by atoms with Gasteiger partial charge in [0, 0.05) is 29.8 Å². The molecule has 0 amide bonds. The smallest absolute Gasteiger partial charge is 0.338 e. The number of sulfone groups is 1. The number of hydrogen-bond acceptors (Lipinski definition) is 21. The molecular weight excluding hydrogens is 961 g/mol. The second kappa shape index (κ2) is 19.8. The van der Waals surface area contributed by atoms with Gasteiger partial charge in [-0.1, -0.05) is 0 Å². The molecule has 6 rings (SSSR count). The molecule has 68 heavy (non-hydrogen) atoms. The lowest BCUT2D eigenvalue weighted by Gasteiger charge is -2.13. The van der Waals surface area contributed by atoms with Gasteiger partial charge in [-0.25, -0.2) is 13.2 Å². The zero-order valence-electron chi connectivity index (χ0n) is 35.7. The summed E-state index contributed by atoms with van der Waals surface area (Å²) in [6, 6.07) is 12.6. The van der Waals surface area contributed by atoms with Crippen LogP contribution in [0.2, 0.25) is 0 Å². The summed E-state index contributed by atoms with van der Waals surface area (Å²) >= 11 is 0. The van der Waals surface area contributed by atoms with Crippen molar-refractivity contribution in [3.8, 4) is 34.6 Å². The number of carboxylic acids is 1. The van der Waals surface area contributed by atoms with Gasteiger partial charge in [-0.05, 0) is 73.3 Å². The van der Waals surface area contributed by atoms with Crippen molar-refractivity contribution in [1.82, 2.24) is 9.78 Å². The summed E-state index contributed by atoms with van der Waals surface area (Å²) in [4.78, 5) is 10.3. The van der Waals surface area contributed by atoms with Gasteiger partial charge in [-0.15, -0.1) is 30.7 Å². The first-order valence-electron chi connectivity index (χ1n) is 19.2. The van der Waals surface area contributed by atoms with Crippen molar-refractivity contribution in [2.75, 3.05) is 39.8 Å². The van der Waals surface area contributed by atoms with E-state index < -0.39 is 86.8 Å². The molecule has 6 aromatic rings. The van der Waals surface area contributed by atoms with Crippen molar-refractivity contribution in [2.24, 2.45) is 30.7 Å². The number of benzene rings is 5. The highest BCUT2D eigenvalue weighted by molar-refractivity contribution is 7.91. The zero-order valence-corrected chi connectivity index (χ0v) is 38.1. The lowest BCUT2D eigenvalue weighted by atomic mass is 10.1. The van der Waals surface area contributed by atoms with Crippen molar-refractivity contribution in [2.45, 2.75) is 28.5 Å². The van der Waals surface area contributed by atoms with Crippen molar-refractivity contribution in [3.63, 3.8) is 0 Å². The zero-order chi connectivity index (χ0) is 49.9. The lowest BCUT2D eigenvalue weighted by Crippen LogP contribution is -2.04. The van der Waals surface area contributed by atoms with E-state index in [9.17, 15) is 64.7 Å². The minimum atomic E-state index is -4.78. The molecule has 0 saturated heterocycles. The second-order valence-electron chi connectivity index (χ2n) is 14.2. The van der Waals surface area contributed by atoms with E-state index in [0.29, 0.717) is 6.07 Å². The van der Waals surface area contributed by atoms with E-state index in [1.54, 1.807) is 0 Å². The van der Waals surface area contributed by atoms with Gasteiger partial charge in [0.05, 0.1) is 47.1 Å². The highest BCUT2D eigenvalue weighted by atomic mass is 32.2. The molecule has 0 aliphatic carbocycles. The Bertz CT molecular complexity index is 3430. The topological polar surface area (TPSA) is 381 Å². The van der Waals surface area contributed by atoms with Gasteiger partial charge < -0.3 is 39.7 Å². The van der Waals surface area contributed by atoms with Crippen molar-refractivity contribution in [3.05, 3.63) is 83.6 Å². The van der Waals surface area contributed by atoms with Crippen LogP contribution in [0.5, 0.6) is 28.9 Å². The summed E-state index contributed by atoms with van der Waals surface area (Å²) in [6.45, 7) is 1.27. The fraction of sp³-hybridized carbons (Fsp3) is 0.200. The normalized spacial score (nSPS) is 12.5. The number of fused-ring (bicyclic) bond motifs is 1. The van der Waals surface area contributed by atoms with E-state index in [0.717, 1.165) is 29.1 Å². The maximum Gasteiger partial charge on any atom is 0.338 e. The van der Waals surface area contributed by atoms with Crippen LogP contribution < -0.4 is 14.2 Å². The Kier molecular flexibility index (Phi) is 14.5. The summed E-state index contributed by atoms with van der Waals surface area (Å²) in [5.74, 6) is -3.15. The highest BCUT2D eigenvalue weighted by Gasteiger charge is 2.24. The van der Waals surface area contributed by atoms with Crippen LogP contribution in [-0.2, 0) is 30.1 Å². The van der Waals surface area contributed by atoms with Crippen molar-refractivity contribution < 1.29 is 78.9 Å². The quantitative estimate of drug-likeness (QED) is 0.0350. The average molecular weight is 999 g/mol. The Labute approximate surface area is 385 Å². The van der Waals surface area contributed by atoms with Crippen LogP contribution in [0.3, 0.4) is 0 Å². The summed E-state index contributed by atoms with van der Waals surface area (Å²) in [5, 5.41) is 80.4. The molecule has 0 atom stereocenters. The molecule has 28 heteroatoms. The Morgan fingerprint density at radius 3 is 1.79 bits per heavy atom. The van der Waals surface area contributed by atoms with Crippen LogP contribution in [0, 0.1) is 13.8 Å². The Morgan fingerprint density at radius 1 is 0.676 bits per heavy atom. The van der Waals surface area contributed by atoms with E-state index in [1.165, 1.54) is 63.4 Å². The highest BCUT2D eigenvalue weighted by Crippen LogP contribution is 2.46. The largest absolute Gasteiger partial charge is 0.505 e. The molecule has 7 N–H and O–H groups in total. The molecule has 0 fully saturated rings. The number of aliphatic hydroxyl groups is 2. The first-order chi connectivity index (χ1) is 32.0. The molecule has 0 aliphatic rings. The number of phenolic OH excluding ortho intramolecular Hbond substituents is 1. The molecule has 0 spiro atoms.